The second-order valence-electron chi connectivity index (χ2n) is 10.7. The Balaban J connectivity index is 1.28. The van der Waals surface area contributed by atoms with Crippen molar-refractivity contribution in [2.45, 2.75) is 50.5 Å². The van der Waals surface area contributed by atoms with E-state index in [9.17, 15) is 9.47 Å². The van der Waals surface area contributed by atoms with Crippen LogP contribution in [0.15, 0.2) is 83.8 Å². The Bertz CT molecular complexity index is 1230. The molecule has 1 saturated heterocycles. The average Bonchev–Trinajstić information content (AvgIpc) is 2.94. The van der Waals surface area contributed by atoms with Gasteiger partial charge in [0.25, 0.3) is 0 Å². The van der Waals surface area contributed by atoms with E-state index in [1.165, 1.54) is 5.56 Å². The Kier molecular flexibility index (Phi) is 9.74. The summed E-state index contributed by atoms with van der Waals surface area (Å²) in [6.07, 6.45) is 1.89. The molecular weight excluding hydrogens is 488 g/mol. The van der Waals surface area contributed by atoms with Crippen LogP contribution in [0.5, 0.6) is 0 Å². The molecule has 0 bridgehead atoms. The van der Waals surface area contributed by atoms with Gasteiger partial charge in [0.2, 0.25) is 0 Å². The molecular formula is C32H40N4OS. The highest BCUT2D eigenvalue weighted by molar-refractivity contribution is 7.86. The van der Waals surface area contributed by atoms with Crippen LogP contribution in [0.2, 0.25) is 0 Å². The molecule has 5 nitrogen and oxygen atoms in total. The maximum absolute atomic E-state index is 12.9. The predicted molar refractivity (Wildman–Crippen MR) is 157 cm³/mol. The van der Waals surface area contributed by atoms with Crippen molar-refractivity contribution in [1.29, 1.82) is 5.26 Å². The molecule has 0 amide bonds. The van der Waals surface area contributed by atoms with Crippen LogP contribution in [0.3, 0.4) is 0 Å². The minimum absolute atomic E-state index is 0.265. The van der Waals surface area contributed by atoms with Crippen LogP contribution < -0.4 is 4.72 Å². The SMILES string of the molecule is Cc1ccc(S(=O)Nc2ccccc2CN2CCN(CCCC(C#N)(c3ccccc3)C(C)C)CC2)cc1. The smallest absolute Gasteiger partial charge is 0.150 e. The first kappa shape index (κ1) is 28.0. The van der Waals surface area contributed by atoms with E-state index in [0.717, 1.165) is 73.8 Å². The molecule has 0 spiro atoms. The lowest BCUT2D eigenvalue weighted by Crippen LogP contribution is -2.46. The first-order valence-corrected chi connectivity index (χ1v) is 14.8. The molecule has 1 aliphatic heterocycles. The van der Waals surface area contributed by atoms with Gasteiger partial charge >= 0.3 is 0 Å². The first-order valence-electron chi connectivity index (χ1n) is 13.7. The Morgan fingerprint density at radius 2 is 1.55 bits per heavy atom. The third-order valence-corrected chi connectivity index (χ3v) is 8.94. The minimum Gasteiger partial charge on any atom is -0.301 e. The lowest BCUT2D eigenvalue weighted by Gasteiger charge is -2.36. The van der Waals surface area contributed by atoms with Crippen molar-refractivity contribution in [2.24, 2.45) is 5.92 Å². The quantitative estimate of drug-likeness (QED) is 0.325. The van der Waals surface area contributed by atoms with Crippen LogP contribution in [-0.2, 0) is 22.9 Å². The van der Waals surface area contributed by atoms with E-state index in [-0.39, 0.29) is 5.92 Å². The van der Waals surface area contributed by atoms with E-state index in [1.807, 2.05) is 61.5 Å². The molecule has 38 heavy (non-hydrogen) atoms. The Morgan fingerprint density at radius 3 is 2.21 bits per heavy atom. The van der Waals surface area contributed by atoms with Crippen molar-refractivity contribution in [3.05, 3.63) is 95.6 Å². The molecule has 3 aromatic rings. The third-order valence-electron chi connectivity index (χ3n) is 7.83. The lowest BCUT2D eigenvalue weighted by atomic mass is 9.70. The van der Waals surface area contributed by atoms with E-state index in [2.05, 4.69) is 58.7 Å². The maximum atomic E-state index is 12.9. The predicted octanol–water partition coefficient (Wildman–Crippen LogP) is 6.15. The van der Waals surface area contributed by atoms with Crippen molar-refractivity contribution in [3.63, 3.8) is 0 Å². The van der Waals surface area contributed by atoms with Gasteiger partial charge in [-0.3, -0.25) is 4.90 Å². The molecule has 1 fully saturated rings. The molecule has 4 rings (SSSR count). The van der Waals surface area contributed by atoms with Gasteiger partial charge < -0.3 is 9.62 Å². The van der Waals surface area contributed by atoms with Crippen molar-refractivity contribution < 1.29 is 4.21 Å². The van der Waals surface area contributed by atoms with E-state index in [4.69, 9.17) is 0 Å². The first-order chi connectivity index (χ1) is 18.4. The number of nitrogens with zero attached hydrogens (tertiary/aromatic N) is 3. The van der Waals surface area contributed by atoms with E-state index >= 15 is 0 Å². The number of nitriles is 1. The second-order valence-corrected chi connectivity index (χ2v) is 11.9. The summed E-state index contributed by atoms with van der Waals surface area (Å²) < 4.78 is 16.1. The summed E-state index contributed by atoms with van der Waals surface area (Å²) in [4.78, 5) is 5.79. The van der Waals surface area contributed by atoms with Crippen LogP contribution in [0.25, 0.3) is 0 Å². The Morgan fingerprint density at radius 1 is 0.921 bits per heavy atom. The normalized spacial score (nSPS) is 17.0. The zero-order valence-corrected chi connectivity index (χ0v) is 23.7. The van der Waals surface area contributed by atoms with Gasteiger partial charge in [-0.2, -0.15) is 5.26 Å². The van der Waals surface area contributed by atoms with Gasteiger partial charge in [-0.1, -0.05) is 80.1 Å². The topological polar surface area (TPSA) is 59.4 Å². The molecule has 2 unspecified atom stereocenters. The third kappa shape index (κ3) is 6.91. The zero-order chi connectivity index (χ0) is 27.0. The molecule has 0 aliphatic carbocycles. The summed E-state index contributed by atoms with van der Waals surface area (Å²) in [6, 6.07) is 29.0. The summed E-state index contributed by atoms with van der Waals surface area (Å²) in [5, 5.41) is 10.2. The second kappa shape index (κ2) is 13.2. The highest BCUT2D eigenvalue weighted by Crippen LogP contribution is 2.36. The van der Waals surface area contributed by atoms with Crippen LogP contribution >= 0.6 is 0 Å². The van der Waals surface area contributed by atoms with Gasteiger partial charge in [-0.15, -0.1) is 0 Å². The van der Waals surface area contributed by atoms with E-state index in [1.54, 1.807) is 0 Å². The van der Waals surface area contributed by atoms with E-state index < -0.39 is 16.4 Å². The monoisotopic (exact) mass is 528 g/mol. The number of hydrogen-bond acceptors (Lipinski definition) is 4. The standard InChI is InChI=1S/C32H40N4OS/c1-26(2)32(25-33,29-11-5-4-6-12-29)18-9-19-35-20-22-36(23-21-35)24-28-10-7-8-13-31(28)34-38(37)30-16-14-27(3)15-17-30/h4-8,10-17,26,34H,9,18-24H2,1-3H3. The van der Waals surface area contributed by atoms with Gasteiger partial charge in [0, 0.05) is 32.7 Å². The van der Waals surface area contributed by atoms with Crippen LogP contribution in [0.4, 0.5) is 5.69 Å². The fourth-order valence-electron chi connectivity index (χ4n) is 5.32. The summed E-state index contributed by atoms with van der Waals surface area (Å²) >= 11 is 0. The minimum atomic E-state index is -1.29. The fourth-order valence-corrected chi connectivity index (χ4v) is 6.22. The molecule has 1 N–H and O–H groups in total. The molecule has 200 valence electrons. The summed E-state index contributed by atoms with van der Waals surface area (Å²) in [5.74, 6) is 0.265. The number of rotatable bonds is 11. The van der Waals surface area contributed by atoms with E-state index in [0.29, 0.717) is 0 Å². The van der Waals surface area contributed by atoms with Gasteiger partial charge in [0.05, 0.1) is 22.1 Å². The number of piperazine rings is 1. The molecule has 1 heterocycles. The molecule has 6 heteroatoms. The van der Waals surface area contributed by atoms with Crippen molar-refractivity contribution in [2.75, 3.05) is 37.4 Å². The Labute approximate surface area is 231 Å². The lowest BCUT2D eigenvalue weighted by molar-refractivity contribution is 0.123. The van der Waals surface area contributed by atoms with Gasteiger partial charge in [-0.05, 0) is 61.6 Å². The molecule has 0 aromatic heterocycles. The largest absolute Gasteiger partial charge is 0.301 e. The number of hydrogen-bond donors (Lipinski definition) is 1. The molecule has 2 atom stereocenters. The molecule has 1 aliphatic rings. The number of nitrogens with one attached hydrogen (secondary N) is 1. The number of anilines is 1. The average molecular weight is 529 g/mol. The summed E-state index contributed by atoms with van der Waals surface area (Å²) in [6.45, 7) is 12.3. The Hall–Kier alpha value is -2.98. The highest BCUT2D eigenvalue weighted by Gasteiger charge is 2.35. The van der Waals surface area contributed by atoms with Crippen molar-refractivity contribution in [3.8, 4) is 6.07 Å². The maximum Gasteiger partial charge on any atom is 0.150 e. The number of benzene rings is 3. The summed E-state index contributed by atoms with van der Waals surface area (Å²) in [5.41, 5.74) is 3.96. The molecule has 0 saturated carbocycles. The molecule has 0 radical (unpaired) electrons. The van der Waals surface area contributed by atoms with Crippen LogP contribution in [0.1, 0.15) is 43.4 Å². The molecule has 3 aromatic carbocycles. The highest BCUT2D eigenvalue weighted by atomic mass is 32.2. The fraction of sp³-hybridized carbons (Fsp3) is 0.406. The zero-order valence-electron chi connectivity index (χ0n) is 22.9. The van der Waals surface area contributed by atoms with Crippen molar-refractivity contribution >= 4 is 16.7 Å². The van der Waals surface area contributed by atoms with Crippen molar-refractivity contribution in [1.82, 2.24) is 9.80 Å². The number of para-hydroxylation sites is 1. The summed E-state index contributed by atoms with van der Waals surface area (Å²) in [7, 11) is -1.29. The number of aryl methyl sites for hydroxylation is 1. The van der Waals surface area contributed by atoms with Gasteiger partial charge in [0.1, 0.15) is 11.0 Å². The van der Waals surface area contributed by atoms with Crippen LogP contribution in [0, 0.1) is 24.2 Å². The van der Waals surface area contributed by atoms with Crippen LogP contribution in [-0.4, -0.2) is 46.7 Å². The van der Waals surface area contributed by atoms with Gasteiger partial charge in [-0.25, -0.2) is 4.21 Å². The van der Waals surface area contributed by atoms with Gasteiger partial charge in [0.15, 0.2) is 0 Å².